The molecule has 0 atom stereocenters. The van der Waals surface area contributed by atoms with Crippen molar-refractivity contribution in [3.8, 4) is 0 Å². The van der Waals surface area contributed by atoms with Crippen molar-refractivity contribution in [2.75, 3.05) is 7.05 Å². The highest BCUT2D eigenvalue weighted by molar-refractivity contribution is 6.31. The predicted octanol–water partition coefficient (Wildman–Crippen LogP) is 2.58. The number of aromatic nitrogens is 2. The minimum atomic E-state index is -0.339. The van der Waals surface area contributed by atoms with Crippen LogP contribution in [0.5, 0.6) is 0 Å². The van der Waals surface area contributed by atoms with E-state index >= 15 is 0 Å². The normalized spacial score (nSPS) is 10.6. The van der Waals surface area contributed by atoms with E-state index < -0.39 is 0 Å². The first kappa shape index (κ1) is 12.9. The highest BCUT2D eigenvalue weighted by Gasteiger charge is 2.05. The Morgan fingerprint density at radius 1 is 1.28 bits per heavy atom. The quantitative estimate of drug-likeness (QED) is 0.923. The van der Waals surface area contributed by atoms with E-state index in [1.165, 1.54) is 12.1 Å². The topological polar surface area (TPSA) is 37.8 Å². The molecule has 3 nitrogen and oxygen atoms in total. The Balaban J connectivity index is 2.13. The molecule has 0 saturated carbocycles. The van der Waals surface area contributed by atoms with E-state index in [-0.39, 0.29) is 5.82 Å². The van der Waals surface area contributed by atoms with Crippen LogP contribution in [0, 0.1) is 5.82 Å². The highest BCUT2D eigenvalue weighted by Crippen LogP contribution is 2.19. The molecule has 0 amide bonds. The first-order valence-corrected chi connectivity index (χ1v) is 5.95. The van der Waals surface area contributed by atoms with Crippen molar-refractivity contribution in [2.45, 2.75) is 13.0 Å². The van der Waals surface area contributed by atoms with Crippen LogP contribution in [-0.4, -0.2) is 17.0 Å². The van der Waals surface area contributed by atoms with Crippen molar-refractivity contribution in [1.29, 1.82) is 0 Å². The second-order valence-corrected chi connectivity index (χ2v) is 4.36. The molecule has 1 heterocycles. The number of benzene rings is 1. The minimum absolute atomic E-state index is 0.339. The first-order valence-electron chi connectivity index (χ1n) is 5.57. The standard InChI is InChI=1S/C13H13ClFN3/c1-16-6-9-7-17-13(18-8-9)4-10-2-3-11(15)5-12(10)14/h2-3,5,7-8,16H,4,6H2,1H3. The van der Waals surface area contributed by atoms with E-state index in [0.717, 1.165) is 17.7 Å². The summed E-state index contributed by atoms with van der Waals surface area (Å²) in [5.41, 5.74) is 1.84. The van der Waals surface area contributed by atoms with Crippen LogP contribution < -0.4 is 5.32 Å². The molecule has 94 valence electrons. The summed E-state index contributed by atoms with van der Waals surface area (Å²) in [5.74, 6) is 0.331. The van der Waals surface area contributed by atoms with Gasteiger partial charge in [0.1, 0.15) is 11.6 Å². The molecular weight excluding hydrogens is 253 g/mol. The van der Waals surface area contributed by atoms with Gasteiger partial charge in [0.05, 0.1) is 0 Å². The summed E-state index contributed by atoms with van der Waals surface area (Å²) < 4.78 is 12.9. The van der Waals surface area contributed by atoms with Crippen LogP contribution in [0.2, 0.25) is 5.02 Å². The third-order valence-corrected chi connectivity index (χ3v) is 2.86. The fourth-order valence-corrected chi connectivity index (χ4v) is 1.84. The van der Waals surface area contributed by atoms with Crippen LogP contribution in [0.4, 0.5) is 4.39 Å². The molecule has 0 spiro atoms. The molecule has 18 heavy (non-hydrogen) atoms. The zero-order chi connectivity index (χ0) is 13.0. The molecule has 5 heteroatoms. The van der Waals surface area contributed by atoms with E-state index in [2.05, 4.69) is 15.3 Å². The maximum absolute atomic E-state index is 12.9. The number of nitrogens with one attached hydrogen (secondary N) is 1. The summed E-state index contributed by atoms with van der Waals surface area (Å²) in [6.45, 7) is 0.734. The van der Waals surface area contributed by atoms with Gasteiger partial charge in [0.25, 0.3) is 0 Å². The van der Waals surface area contributed by atoms with Crippen LogP contribution in [0.15, 0.2) is 30.6 Å². The smallest absolute Gasteiger partial charge is 0.132 e. The Bertz CT molecular complexity index is 528. The van der Waals surface area contributed by atoms with Crippen molar-refractivity contribution < 1.29 is 4.39 Å². The van der Waals surface area contributed by atoms with Crippen LogP contribution in [0.25, 0.3) is 0 Å². The molecule has 1 aromatic carbocycles. The first-order chi connectivity index (χ1) is 8.69. The largest absolute Gasteiger partial charge is 0.316 e. The summed E-state index contributed by atoms with van der Waals surface area (Å²) in [7, 11) is 1.87. The van der Waals surface area contributed by atoms with Gasteiger partial charge in [-0.1, -0.05) is 17.7 Å². The molecule has 0 aliphatic rings. The Labute approximate surface area is 110 Å². The molecule has 0 aliphatic heterocycles. The molecule has 0 bridgehead atoms. The van der Waals surface area contributed by atoms with Crippen molar-refractivity contribution in [2.24, 2.45) is 0 Å². The summed E-state index contributed by atoms with van der Waals surface area (Å²) in [5, 5.41) is 3.43. The van der Waals surface area contributed by atoms with Crippen molar-refractivity contribution in [3.63, 3.8) is 0 Å². The molecule has 0 aliphatic carbocycles. The maximum Gasteiger partial charge on any atom is 0.132 e. The fourth-order valence-electron chi connectivity index (χ4n) is 1.60. The molecular formula is C13H13ClFN3. The number of rotatable bonds is 4. The SMILES string of the molecule is CNCc1cnc(Cc2ccc(F)cc2Cl)nc1. The predicted molar refractivity (Wildman–Crippen MR) is 69.0 cm³/mol. The molecule has 0 unspecified atom stereocenters. The molecule has 1 aromatic heterocycles. The second kappa shape index (κ2) is 5.89. The lowest BCUT2D eigenvalue weighted by Crippen LogP contribution is -2.07. The van der Waals surface area contributed by atoms with Crippen molar-refractivity contribution >= 4 is 11.6 Å². The fraction of sp³-hybridized carbons (Fsp3) is 0.231. The Morgan fingerprint density at radius 3 is 2.61 bits per heavy atom. The van der Waals surface area contributed by atoms with E-state index in [9.17, 15) is 4.39 Å². The number of hydrogen-bond acceptors (Lipinski definition) is 3. The van der Waals surface area contributed by atoms with Gasteiger partial charge in [-0.05, 0) is 24.7 Å². The van der Waals surface area contributed by atoms with Gasteiger partial charge in [0.2, 0.25) is 0 Å². The van der Waals surface area contributed by atoms with Crippen LogP contribution >= 0.6 is 11.6 Å². The lowest BCUT2D eigenvalue weighted by atomic mass is 10.1. The van der Waals surface area contributed by atoms with Gasteiger partial charge in [0.15, 0.2) is 0 Å². The average Bonchev–Trinajstić information content (AvgIpc) is 2.35. The van der Waals surface area contributed by atoms with Gasteiger partial charge in [-0.25, -0.2) is 14.4 Å². The number of halogens is 2. The van der Waals surface area contributed by atoms with E-state index in [4.69, 9.17) is 11.6 Å². The second-order valence-electron chi connectivity index (χ2n) is 3.95. The van der Waals surface area contributed by atoms with Crippen molar-refractivity contribution in [1.82, 2.24) is 15.3 Å². The summed E-state index contributed by atoms with van der Waals surface area (Å²) in [6, 6.07) is 4.34. The lowest BCUT2D eigenvalue weighted by molar-refractivity contribution is 0.627. The van der Waals surface area contributed by atoms with Crippen molar-refractivity contribution in [3.05, 3.63) is 58.4 Å². The Hall–Kier alpha value is -1.52. The third-order valence-electron chi connectivity index (χ3n) is 2.50. The highest BCUT2D eigenvalue weighted by atomic mass is 35.5. The van der Waals surface area contributed by atoms with Gasteiger partial charge >= 0.3 is 0 Å². The Kier molecular flexibility index (Phi) is 4.23. The van der Waals surface area contributed by atoms with E-state index in [1.807, 2.05) is 7.05 Å². The molecule has 0 fully saturated rings. The van der Waals surface area contributed by atoms with Gasteiger partial charge in [-0.2, -0.15) is 0 Å². The third kappa shape index (κ3) is 3.24. The molecule has 0 saturated heterocycles. The van der Waals surface area contributed by atoms with Crippen LogP contribution in [0.1, 0.15) is 17.0 Å². The van der Waals surface area contributed by atoms with E-state index in [1.54, 1.807) is 18.5 Å². The zero-order valence-corrected chi connectivity index (χ0v) is 10.7. The average molecular weight is 266 g/mol. The lowest BCUT2D eigenvalue weighted by Gasteiger charge is -2.04. The Morgan fingerprint density at radius 2 is 2.00 bits per heavy atom. The summed E-state index contributed by atoms with van der Waals surface area (Å²) in [6.07, 6.45) is 4.05. The van der Waals surface area contributed by atoms with E-state index in [0.29, 0.717) is 17.3 Å². The summed E-state index contributed by atoms with van der Waals surface area (Å²) in [4.78, 5) is 8.51. The molecule has 1 N–H and O–H groups in total. The minimum Gasteiger partial charge on any atom is -0.316 e. The zero-order valence-electron chi connectivity index (χ0n) is 9.95. The van der Waals surface area contributed by atoms with Gasteiger partial charge in [-0.15, -0.1) is 0 Å². The van der Waals surface area contributed by atoms with Crippen LogP contribution in [0.3, 0.4) is 0 Å². The van der Waals surface area contributed by atoms with Gasteiger partial charge < -0.3 is 5.32 Å². The number of hydrogen-bond donors (Lipinski definition) is 1. The monoisotopic (exact) mass is 265 g/mol. The summed E-state index contributed by atoms with van der Waals surface area (Å²) >= 11 is 5.95. The molecule has 0 radical (unpaired) electrons. The van der Waals surface area contributed by atoms with Gasteiger partial charge in [-0.3, -0.25) is 0 Å². The number of nitrogens with zero attached hydrogens (tertiary/aromatic N) is 2. The van der Waals surface area contributed by atoms with Gasteiger partial charge in [0, 0.05) is 35.9 Å². The maximum atomic E-state index is 12.9. The van der Waals surface area contributed by atoms with Crippen LogP contribution in [-0.2, 0) is 13.0 Å². The molecule has 2 rings (SSSR count). The molecule has 2 aromatic rings.